The first-order valence-electron chi connectivity index (χ1n) is 9.03. The maximum atomic E-state index is 12.7. The van der Waals surface area contributed by atoms with Gasteiger partial charge in [0.05, 0.1) is 17.4 Å². The molecular formula is C20H22N4O3S. The molecule has 3 aromatic rings. The summed E-state index contributed by atoms with van der Waals surface area (Å²) in [6, 6.07) is 8.76. The fourth-order valence-electron chi connectivity index (χ4n) is 2.85. The van der Waals surface area contributed by atoms with Gasteiger partial charge in [-0.2, -0.15) is 11.3 Å². The number of amides is 2. The van der Waals surface area contributed by atoms with Crippen LogP contribution >= 0.6 is 11.3 Å². The Labute approximate surface area is 166 Å². The molecule has 28 heavy (non-hydrogen) atoms. The van der Waals surface area contributed by atoms with E-state index in [0.29, 0.717) is 22.3 Å². The minimum absolute atomic E-state index is 0.0724. The lowest BCUT2D eigenvalue weighted by atomic mass is 10.2. The number of aromatic nitrogens is 2. The van der Waals surface area contributed by atoms with E-state index < -0.39 is 0 Å². The summed E-state index contributed by atoms with van der Waals surface area (Å²) in [5, 5.41) is 6.87. The lowest BCUT2D eigenvalue weighted by Gasteiger charge is -2.26. The summed E-state index contributed by atoms with van der Waals surface area (Å²) in [6.45, 7) is 4.26. The molecule has 7 nitrogen and oxygen atoms in total. The van der Waals surface area contributed by atoms with Crippen LogP contribution in [0.5, 0.6) is 0 Å². The predicted molar refractivity (Wildman–Crippen MR) is 109 cm³/mol. The van der Waals surface area contributed by atoms with E-state index in [-0.39, 0.29) is 42.9 Å². The second-order valence-electron chi connectivity index (χ2n) is 6.66. The molecular weight excluding hydrogens is 376 g/mol. The van der Waals surface area contributed by atoms with Crippen LogP contribution in [0, 0.1) is 0 Å². The fraction of sp³-hybridized carbons (Fsp3) is 0.300. The molecule has 0 bridgehead atoms. The standard InChI is InChI=1S/C20H22N4O3S/c1-13(2)24(18(25)7-9-21-19(26)14-8-10-28-12-14)11-17-22-16-6-4-3-5-15(16)20(27)23-17/h3-6,8,10,12-13H,7,9,11H2,1-2H3,(H,21,26)(H,22,23,27). The number of hydrogen-bond donors (Lipinski definition) is 2. The third kappa shape index (κ3) is 4.64. The molecule has 0 radical (unpaired) electrons. The number of para-hydroxylation sites is 1. The van der Waals surface area contributed by atoms with Crippen molar-refractivity contribution in [1.82, 2.24) is 20.2 Å². The second-order valence-corrected chi connectivity index (χ2v) is 7.44. The lowest BCUT2D eigenvalue weighted by molar-refractivity contribution is -0.133. The highest BCUT2D eigenvalue weighted by Crippen LogP contribution is 2.10. The molecule has 3 rings (SSSR count). The Kier molecular flexibility index (Phi) is 6.20. The molecule has 0 fully saturated rings. The highest BCUT2D eigenvalue weighted by molar-refractivity contribution is 7.08. The first-order chi connectivity index (χ1) is 13.5. The van der Waals surface area contributed by atoms with E-state index in [0.717, 1.165) is 0 Å². The Morgan fingerprint density at radius 2 is 2.04 bits per heavy atom. The maximum absolute atomic E-state index is 12.7. The van der Waals surface area contributed by atoms with Crippen molar-refractivity contribution in [3.63, 3.8) is 0 Å². The number of nitrogens with zero attached hydrogens (tertiary/aromatic N) is 2. The van der Waals surface area contributed by atoms with Crippen molar-refractivity contribution in [3.8, 4) is 0 Å². The van der Waals surface area contributed by atoms with Crippen LogP contribution in [0.4, 0.5) is 0 Å². The third-order valence-corrected chi connectivity index (χ3v) is 5.02. The smallest absolute Gasteiger partial charge is 0.258 e. The Balaban J connectivity index is 1.65. The first kappa shape index (κ1) is 19.8. The van der Waals surface area contributed by atoms with Crippen LogP contribution in [0.2, 0.25) is 0 Å². The van der Waals surface area contributed by atoms with Crippen LogP contribution in [0.15, 0.2) is 45.9 Å². The van der Waals surface area contributed by atoms with Crippen molar-refractivity contribution >= 4 is 34.1 Å². The number of H-pyrrole nitrogens is 1. The fourth-order valence-corrected chi connectivity index (χ4v) is 3.49. The van der Waals surface area contributed by atoms with Crippen LogP contribution < -0.4 is 10.9 Å². The lowest BCUT2D eigenvalue weighted by Crippen LogP contribution is -2.39. The molecule has 0 atom stereocenters. The highest BCUT2D eigenvalue weighted by atomic mass is 32.1. The van der Waals surface area contributed by atoms with Crippen molar-refractivity contribution in [3.05, 3.63) is 62.8 Å². The average Bonchev–Trinajstić information content (AvgIpc) is 3.20. The first-order valence-corrected chi connectivity index (χ1v) is 9.98. The van der Waals surface area contributed by atoms with Gasteiger partial charge in [-0.15, -0.1) is 0 Å². The Morgan fingerprint density at radius 3 is 2.75 bits per heavy atom. The van der Waals surface area contributed by atoms with Gasteiger partial charge in [0, 0.05) is 30.0 Å². The van der Waals surface area contributed by atoms with Gasteiger partial charge in [-0.25, -0.2) is 4.98 Å². The highest BCUT2D eigenvalue weighted by Gasteiger charge is 2.19. The quantitative estimate of drug-likeness (QED) is 0.639. The van der Waals surface area contributed by atoms with Crippen LogP contribution in [0.1, 0.15) is 36.5 Å². The minimum Gasteiger partial charge on any atom is -0.351 e. The van der Waals surface area contributed by atoms with E-state index in [1.807, 2.05) is 25.3 Å². The van der Waals surface area contributed by atoms with Gasteiger partial charge >= 0.3 is 0 Å². The molecule has 0 aliphatic heterocycles. The number of aromatic amines is 1. The summed E-state index contributed by atoms with van der Waals surface area (Å²) in [4.78, 5) is 45.7. The van der Waals surface area contributed by atoms with E-state index >= 15 is 0 Å². The molecule has 0 aliphatic carbocycles. The van der Waals surface area contributed by atoms with E-state index in [2.05, 4.69) is 15.3 Å². The van der Waals surface area contributed by atoms with E-state index in [1.54, 1.807) is 34.5 Å². The van der Waals surface area contributed by atoms with Gasteiger partial charge in [0.2, 0.25) is 5.91 Å². The summed E-state index contributed by atoms with van der Waals surface area (Å²) in [5.74, 6) is 0.134. The number of benzene rings is 1. The minimum atomic E-state index is -0.222. The number of carbonyl (C=O) groups is 2. The molecule has 2 amide bonds. The molecule has 2 N–H and O–H groups in total. The Hall–Kier alpha value is -3.00. The maximum Gasteiger partial charge on any atom is 0.258 e. The summed E-state index contributed by atoms with van der Waals surface area (Å²) >= 11 is 1.45. The summed E-state index contributed by atoms with van der Waals surface area (Å²) in [5.41, 5.74) is 0.969. The monoisotopic (exact) mass is 398 g/mol. The van der Waals surface area contributed by atoms with Crippen LogP contribution in [0.25, 0.3) is 10.9 Å². The van der Waals surface area contributed by atoms with Crippen molar-refractivity contribution < 1.29 is 9.59 Å². The summed E-state index contributed by atoms with van der Waals surface area (Å²) in [7, 11) is 0. The average molecular weight is 398 g/mol. The number of fused-ring (bicyclic) bond motifs is 1. The number of nitrogens with one attached hydrogen (secondary N) is 2. The van der Waals surface area contributed by atoms with Gasteiger partial charge in [0.25, 0.3) is 11.5 Å². The number of rotatable bonds is 7. The topological polar surface area (TPSA) is 95.2 Å². The molecule has 0 saturated heterocycles. The summed E-state index contributed by atoms with van der Waals surface area (Å²) in [6.07, 6.45) is 0.172. The normalized spacial score (nSPS) is 11.0. The van der Waals surface area contributed by atoms with Gasteiger partial charge in [0.15, 0.2) is 0 Å². The third-order valence-electron chi connectivity index (χ3n) is 4.33. The van der Waals surface area contributed by atoms with Crippen LogP contribution in [0.3, 0.4) is 0 Å². The molecule has 0 saturated carbocycles. The van der Waals surface area contributed by atoms with Crippen LogP contribution in [-0.2, 0) is 11.3 Å². The van der Waals surface area contributed by atoms with Crippen molar-refractivity contribution in [2.75, 3.05) is 6.54 Å². The molecule has 0 aliphatic rings. The van der Waals surface area contributed by atoms with Gasteiger partial charge < -0.3 is 15.2 Å². The van der Waals surface area contributed by atoms with Gasteiger partial charge in [0.1, 0.15) is 5.82 Å². The van der Waals surface area contributed by atoms with E-state index in [4.69, 9.17) is 0 Å². The Morgan fingerprint density at radius 1 is 1.25 bits per heavy atom. The van der Waals surface area contributed by atoms with Crippen molar-refractivity contribution in [1.29, 1.82) is 0 Å². The zero-order chi connectivity index (χ0) is 20.1. The molecule has 8 heteroatoms. The van der Waals surface area contributed by atoms with E-state index in [9.17, 15) is 14.4 Å². The van der Waals surface area contributed by atoms with Crippen LogP contribution in [-0.4, -0.2) is 39.3 Å². The molecule has 2 heterocycles. The Bertz CT molecular complexity index is 1030. The van der Waals surface area contributed by atoms with Crippen molar-refractivity contribution in [2.45, 2.75) is 32.9 Å². The second kappa shape index (κ2) is 8.79. The molecule has 0 spiro atoms. The largest absolute Gasteiger partial charge is 0.351 e. The van der Waals surface area contributed by atoms with E-state index in [1.165, 1.54) is 11.3 Å². The summed E-state index contributed by atoms with van der Waals surface area (Å²) < 4.78 is 0. The van der Waals surface area contributed by atoms with Gasteiger partial charge in [-0.3, -0.25) is 14.4 Å². The predicted octanol–water partition coefficient (Wildman–Crippen LogP) is 2.54. The zero-order valence-electron chi connectivity index (χ0n) is 15.8. The SMILES string of the molecule is CC(C)N(Cc1nc2ccccc2c(=O)[nH]1)C(=O)CCNC(=O)c1ccsc1. The number of thiophene rings is 1. The molecule has 146 valence electrons. The number of carbonyl (C=O) groups excluding carboxylic acids is 2. The number of hydrogen-bond acceptors (Lipinski definition) is 5. The van der Waals surface area contributed by atoms with Gasteiger partial charge in [-0.05, 0) is 37.4 Å². The molecule has 1 aromatic carbocycles. The van der Waals surface area contributed by atoms with Crippen molar-refractivity contribution in [2.24, 2.45) is 0 Å². The van der Waals surface area contributed by atoms with Gasteiger partial charge in [-0.1, -0.05) is 12.1 Å². The zero-order valence-corrected chi connectivity index (χ0v) is 16.6. The molecule has 0 unspecified atom stereocenters. The molecule has 2 aromatic heterocycles.